The van der Waals surface area contributed by atoms with Gasteiger partial charge in [-0.1, -0.05) is 6.07 Å². The van der Waals surface area contributed by atoms with Crippen LogP contribution in [0, 0.1) is 6.92 Å². The van der Waals surface area contributed by atoms with Crippen molar-refractivity contribution < 1.29 is 23.8 Å². The van der Waals surface area contributed by atoms with Crippen LogP contribution in [-0.2, 0) is 20.8 Å². The lowest BCUT2D eigenvalue weighted by molar-refractivity contribution is -0.0908. The van der Waals surface area contributed by atoms with Gasteiger partial charge in [0.1, 0.15) is 12.2 Å². The molecule has 7 nitrogen and oxygen atoms in total. The minimum atomic E-state index is -0.488. The maximum absolute atomic E-state index is 12.4. The smallest absolute Gasteiger partial charge is 0.410 e. The van der Waals surface area contributed by atoms with Gasteiger partial charge in [-0.15, -0.1) is 0 Å². The third-order valence-corrected chi connectivity index (χ3v) is 5.70. The van der Waals surface area contributed by atoms with Gasteiger partial charge in [-0.3, -0.25) is 4.90 Å². The molecule has 152 valence electrons. The SMILES string of the molecule is Cc1c([C@@H]2CN3CCN(C(=O)OC(C)(C)C)C[C@@H]3CO2)ccc2c1COC2=O. The van der Waals surface area contributed by atoms with E-state index in [-0.39, 0.29) is 24.2 Å². The lowest BCUT2D eigenvalue weighted by Crippen LogP contribution is -2.60. The topological polar surface area (TPSA) is 68.3 Å². The average molecular weight is 388 g/mol. The number of cyclic esters (lactones) is 1. The molecule has 1 aromatic carbocycles. The van der Waals surface area contributed by atoms with Gasteiger partial charge in [0.25, 0.3) is 0 Å². The molecule has 1 aromatic rings. The molecule has 0 bridgehead atoms. The summed E-state index contributed by atoms with van der Waals surface area (Å²) in [6.07, 6.45) is -0.293. The lowest BCUT2D eigenvalue weighted by atomic mass is 9.94. The van der Waals surface area contributed by atoms with Crippen molar-refractivity contribution in [3.05, 3.63) is 34.4 Å². The van der Waals surface area contributed by atoms with Gasteiger partial charge < -0.3 is 19.1 Å². The monoisotopic (exact) mass is 388 g/mol. The molecule has 3 aliphatic rings. The summed E-state index contributed by atoms with van der Waals surface area (Å²) in [6, 6.07) is 4.02. The largest absolute Gasteiger partial charge is 0.457 e. The highest BCUT2D eigenvalue weighted by Crippen LogP contribution is 2.33. The highest BCUT2D eigenvalue weighted by molar-refractivity contribution is 5.93. The van der Waals surface area contributed by atoms with Gasteiger partial charge in [-0.25, -0.2) is 9.59 Å². The van der Waals surface area contributed by atoms with Crippen molar-refractivity contribution in [2.75, 3.05) is 32.8 Å². The fourth-order valence-electron chi connectivity index (χ4n) is 4.18. The van der Waals surface area contributed by atoms with Crippen LogP contribution in [0.15, 0.2) is 12.1 Å². The second kappa shape index (κ2) is 7.04. The van der Waals surface area contributed by atoms with Crippen LogP contribution in [0.2, 0.25) is 0 Å². The van der Waals surface area contributed by atoms with Crippen LogP contribution < -0.4 is 0 Å². The number of nitrogens with zero attached hydrogens (tertiary/aromatic N) is 2. The van der Waals surface area contributed by atoms with Crippen molar-refractivity contribution >= 4 is 12.1 Å². The number of carbonyl (C=O) groups is 2. The van der Waals surface area contributed by atoms with Crippen LogP contribution in [0.1, 0.15) is 53.9 Å². The molecular weight excluding hydrogens is 360 g/mol. The third-order valence-electron chi connectivity index (χ3n) is 5.70. The third kappa shape index (κ3) is 3.61. The van der Waals surface area contributed by atoms with E-state index in [9.17, 15) is 9.59 Å². The molecule has 3 heterocycles. The number of piperazine rings is 1. The van der Waals surface area contributed by atoms with Gasteiger partial charge >= 0.3 is 12.1 Å². The summed E-state index contributed by atoms with van der Waals surface area (Å²) < 4.78 is 16.8. The Hall–Kier alpha value is -2.12. The zero-order chi connectivity index (χ0) is 20.1. The zero-order valence-corrected chi connectivity index (χ0v) is 17.0. The van der Waals surface area contributed by atoms with E-state index in [1.165, 1.54) is 0 Å². The minimum absolute atomic E-state index is 0.0367. The van der Waals surface area contributed by atoms with E-state index in [1.54, 1.807) is 4.90 Å². The molecule has 0 aliphatic carbocycles. The maximum Gasteiger partial charge on any atom is 0.410 e. The van der Waals surface area contributed by atoms with E-state index in [0.29, 0.717) is 31.9 Å². The summed E-state index contributed by atoms with van der Waals surface area (Å²) in [4.78, 5) is 28.3. The van der Waals surface area contributed by atoms with Crippen molar-refractivity contribution in [2.24, 2.45) is 0 Å². The number of fused-ring (bicyclic) bond motifs is 2. The van der Waals surface area contributed by atoms with Crippen LogP contribution in [0.5, 0.6) is 0 Å². The van der Waals surface area contributed by atoms with Gasteiger partial charge in [-0.2, -0.15) is 0 Å². The van der Waals surface area contributed by atoms with Crippen molar-refractivity contribution in [3.8, 4) is 0 Å². The Balaban J connectivity index is 1.42. The fourth-order valence-corrected chi connectivity index (χ4v) is 4.18. The average Bonchev–Trinajstić information content (AvgIpc) is 3.02. The van der Waals surface area contributed by atoms with E-state index in [0.717, 1.165) is 29.8 Å². The first-order chi connectivity index (χ1) is 13.2. The summed E-state index contributed by atoms with van der Waals surface area (Å²) in [7, 11) is 0. The summed E-state index contributed by atoms with van der Waals surface area (Å²) in [5.74, 6) is -0.243. The molecule has 4 rings (SSSR count). The summed E-state index contributed by atoms with van der Waals surface area (Å²) in [6.45, 7) is 11.4. The number of benzene rings is 1. The standard InChI is InChI=1S/C21H28N2O5/c1-13-15(5-6-16-17(13)12-27-19(16)24)18-10-22-7-8-23(9-14(22)11-26-18)20(25)28-21(2,3)4/h5-6,14,18H,7-12H2,1-4H3/t14-,18+/m1/s1. The van der Waals surface area contributed by atoms with Gasteiger partial charge in [0.2, 0.25) is 0 Å². The van der Waals surface area contributed by atoms with E-state index < -0.39 is 5.60 Å². The van der Waals surface area contributed by atoms with Crippen LogP contribution in [0.25, 0.3) is 0 Å². The molecule has 28 heavy (non-hydrogen) atoms. The molecule has 0 saturated carbocycles. The molecule has 0 radical (unpaired) electrons. The first kappa shape index (κ1) is 19.2. The number of ether oxygens (including phenoxy) is 3. The van der Waals surface area contributed by atoms with Crippen molar-refractivity contribution in [2.45, 2.75) is 52.0 Å². The molecule has 2 saturated heterocycles. The van der Waals surface area contributed by atoms with Gasteiger partial charge in [0.15, 0.2) is 0 Å². The van der Waals surface area contributed by atoms with Gasteiger partial charge in [0, 0.05) is 31.7 Å². The Morgan fingerprint density at radius 1 is 1.21 bits per heavy atom. The lowest BCUT2D eigenvalue weighted by Gasteiger charge is -2.46. The molecule has 0 N–H and O–H groups in total. The molecule has 1 amide bonds. The maximum atomic E-state index is 12.4. The summed E-state index contributed by atoms with van der Waals surface area (Å²) in [5.41, 5.74) is 3.35. The highest BCUT2D eigenvalue weighted by Gasteiger charge is 2.37. The fraction of sp³-hybridized carbons (Fsp3) is 0.619. The van der Waals surface area contributed by atoms with E-state index >= 15 is 0 Å². The summed E-state index contributed by atoms with van der Waals surface area (Å²) >= 11 is 0. The second-order valence-electron chi connectivity index (χ2n) is 8.78. The number of hydrogen-bond donors (Lipinski definition) is 0. The molecule has 7 heteroatoms. The Bertz CT molecular complexity index is 801. The van der Waals surface area contributed by atoms with Crippen LogP contribution in [0.3, 0.4) is 0 Å². The first-order valence-corrected chi connectivity index (χ1v) is 9.86. The van der Waals surface area contributed by atoms with E-state index in [2.05, 4.69) is 4.90 Å². The minimum Gasteiger partial charge on any atom is -0.457 e. The number of hydrogen-bond acceptors (Lipinski definition) is 6. The van der Waals surface area contributed by atoms with Crippen molar-refractivity contribution in [1.29, 1.82) is 0 Å². The van der Waals surface area contributed by atoms with Crippen LogP contribution in [0.4, 0.5) is 4.79 Å². The Labute approximate surface area is 165 Å². The first-order valence-electron chi connectivity index (χ1n) is 9.86. The Morgan fingerprint density at radius 2 is 2.00 bits per heavy atom. The van der Waals surface area contributed by atoms with Crippen molar-refractivity contribution in [1.82, 2.24) is 9.80 Å². The predicted octanol–water partition coefficient (Wildman–Crippen LogP) is 2.66. The van der Waals surface area contributed by atoms with Gasteiger partial charge in [0.05, 0.1) is 24.3 Å². The van der Waals surface area contributed by atoms with Crippen LogP contribution in [-0.4, -0.2) is 66.3 Å². The molecule has 2 fully saturated rings. The van der Waals surface area contributed by atoms with E-state index in [4.69, 9.17) is 14.2 Å². The van der Waals surface area contributed by atoms with E-state index in [1.807, 2.05) is 39.8 Å². The Morgan fingerprint density at radius 3 is 2.75 bits per heavy atom. The summed E-state index contributed by atoms with van der Waals surface area (Å²) in [5, 5.41) is 0. The Kier molecular flexibility index (Phi) is 4.83. The number of carbonyl (C=O) groups excluding carboxylic acids is 2. The number of amides is 1. The second-order valence-corrected chi connectivity index (χ2v) is 8.78. The molecule has 0 unspecified atom stereocenters. The van der Waals surface area contributed by atoms with Gasteiger partial charge in [-0.05, 0) is 44.9 Å². The highest BCUT2D eigenvalue weighted by atomic mass is 16.6. The molecular formula is C21H28N2O5. The predicted molar refractivity (Wildman–Crippen MR) is 102 cm³/mol. The van der Waals surface area contributed by atoms with Crippen molar-refractivity contribution in [3.63, 3.8) is 0 Å². The number of esters is 1. The quantitative estimate of drug-likeness (QED) is 0.689. The normalized spacial score (nSPS) is 25.1. The molecule has 0 aromatic heterocycles. The van der Waals surface area contributed by atoms with Crippen LogP contribution >= 0.6 is 0 Å². The molecule has 3 aliphatic heterocycles. The zero-order valence-electron chi connectivity index (χ0n) is 17.0. The number of rotatable bonds is 1. The molecule has 2 atom stereocenters. The number of morpholine rings is 1. The molecule has 0 spiro atoms.